The fourth-order valence-corrected chi connectivity index (χ4v) is 1.99. The van der Waals surface area contributed by atoms with Gasteiger partial charge in [-0.25, -0.2) is 4.98 Å². The molecule has 2 aromatic rings. The van der Waals surface area contributed by atoms with Crippen LogP contribution in [0.4, 0.5) is 8.78 Å². The molecule has 0 saturated carbocycles. The average Bonchev–Trinajstić information content (AvgIpc) is 2.95. The predicted molar refractivity (Wildman–Crippen MR) is 77.0 cm³/mol. The highest BCUT2D eigenvalue weighted by atomic mass is 19.3. The van der Waals surface area contributed by atoms with Crippen LogP contribution in [-0.2, 0) is 0 Å². The second kappa shape index (κ2) is 6.67. The Morgan fingerprint density at radius 2 is 1.95 bits per heavy atom. The van der Waals surface area contributed by atoms with Gasteiger partial charge in [0, 0.05) is 0 Å². The summed E-state index contributed by atoms with van der Waals surface area (Å²) in [6.45, 7) is 1.34. The summed E-state index contributed by atoms with van der Waals surface area (Å²) in [7, 11) is 0. The van der Waals surface area contributed by atoms with Gasteiger partial charge in [-0.3, -0.25) is 0 Å². The summed E-state index contributed by atoms with van der Waals surface area (Å²) >= 11 is 0. The van der Waals surface area contributed by atoms with Gasteiger partial charge in [-0.15, -0.1) is 0 Å². The van der Waals surface area contributed by atoms with E-state index >= 15 is 0 Å². The van der Waals surface area contributed by atoms with Gasteiger partial charge < -0.3 is 15.5 Å². The van der Waals surface area contributed by atoms with E-state index in [-0.39, 0.29) is 11.8 Å². The summed E-state index contributed by atoms with van der Waals surface area (Å²) in [4.78, 5) is 7.48. The van der Waals surface area contributed by atoms with Gasteiger partial charge in [0.25, 0.3) is 0 Å². The zero-order valence-electron chi connectivity index (χ0n) is 12.0. The van der Waals surface area contributed by atoms with E-state index in [4.69, 9.17) is 5.73 Å². The molecule has 2 rings (SSSR count). The number of aromatic nitrogens is 2. The molecule has 0 fully saturated rings. The monoisotopic (exact) mass is 295 g/mol. The van der Waals surface area contributed by atoms with Crippen molar-refractivity contribution in [3.8, 4) is 17.0 Å². The average molecular weight is 295 g/mol. The number of ether oxygens (including phenoxy) is 1. The third-order valence-electron chi connectivity index (χ3n) is 3.56. The Balaban J connectivity index is 2.14. The summed E-state index contributed by atoms with van der Waals surface area (Å²) in [5.74, 6) is 1.18. The van der Waals surface area contributed by atoms with Gasteiger partial charge >= 0.3 is 6.61 Å². The number of halogens is 2. The molecule has 21 heavy (non-hydrogen) atoms. The van der Waals surface area contributed by atoms with Crippen molar-refractivity contribution >= 4 is 0 Å². The minimum absolute atomic E-state index is 0.129. The maximum absolute atomic E-state index is 12.1. The molecule has 2 atom stereocenters. The standard InChI is InChI=1S/C15H19F2N3O/c1-3-9(2)13(18)14-19-8-12(20-14)10-4-6-11(7-5-10)21-15(16)17/h4-9,13,15H,3,18H2,1-2H3,(H,19,20). The number of aromatic amines is 1. The molecule has 0 bridgehead atoms. The molecule has 6 heteroatoms. The third kappa shape index (κ3) is 3.78. The van der Waals surface area contributed by atoms with Gasteiger partial charge in [-0.2, -0.15) is 8.78 Å². The van der Waals surface area contributed by atoms with Crippen LogP contribution in [0.25, 0.3) is 11.3 Å². The van der Waals surface area contributed by atoms with E-state index in [0.29, 0.717) is 5.92 Å². The zero-order valence-corrected chi connectivity index (χ0v) is 12.0. The van der Waals surface area contributed by atoms with Crippen LogP contribution in [0.5, 0.6) is 5.75 Å². The van der Waals surface area contributed by atoms with Crippen molar-refractivity contribution in [2.75, 3.05) is 0 Å². The van der Waals surface area contributed by atoms with Crippen molar-refractivity contribution in [1.82, 2.24) is 9.97 Å². The molecule has 4 nitrogen and oxygen atoms in total. The SMILES string of the molecule is CCC(C)C(N)c1ncc(-c2ccc(OC(F)F)cc2)[nH]1. The Labute approximate surface area is 122 Å². The number of nitrogens with zero attached hydrogens (tertiary/aromatic N) is 1. The molecule has 114 valence electrons. The summed E-state index contributed by atoms with van der Waals surface area (Å²) in [6.07, 6.45) is 2.66. The van der Waals surface area contributed by atoms with Gasteiger partial charge in [0.1, 0.15) is 11.6 Å². The molecule has 0 amide bonds. The Morgan fingerprint density at radius 3 is 2.52 bits per heavy atom. The molecule has 0 aliphatic rings. The van der Waals surface area contributed by atoms with Crippen molar-refractivity contribution in [2.24, 2.45) is 11.7 Å². The van der Waals surface area contributed by atoms with E-state index in [1.54, 1.807) is 18.3 Å². The third-order valence-corrected chi connectivity index (χ3v) is 3.56. The second-order valence-electron chi connectivity index (χ2n) is 5.00. The maximum Gasteiger partial charge on any atom is 0.387 e. The summed E-state index contributed by atoms with van der Waals surface area (Å²) < 4.78 is 28.5. The Hall–Kier alpha value is -1.95. The molecule has 3 N–H and O–H groups in total. The summed E-state index contributed by atoms with van der Waals surface area (Å²) in [5, 5.41) is 0. The van der Waals surface area contributed by atoms with Crippen LogP contribution in [0.3, 0.4) is 0 Å². The quantitative estimate of drug-likeness (QED) is 0.853. The van der Waals surface area contributed by atoms with E-state index in [1.807, 2.05) is 0 Å². The topological polar surface area (TPSA) is 63.9 Å². The van der Waals surface area contributed by atoms with Crippen LogP contribution in [0.2, 0.25) is 0 Å². The molecule has 0 radical (unpaired) electrons. The Bertz CT molecular complexity index is 569. The van der Waals surface area contributed by atoms with Crippen molar-refractivity contribution in [3.63, 3.8) is 0 Å². The van der Waals surface area contributed by atoms with Crippen molar-refractivity contribution < 1.29 is 13.5 Å². The number of rotatable bonds is 6. The number of H-pyrrole nitrogens is 1. The van der Waals surface area contributed by atoms with Crippen LogP contribution in [0.15, 0.2) is 30.5 Å². The molecule has 1 aromatic heterocycles. The number of alkyl halides is 2. The number of hydrogen-bond acceptors (Lipinski definition) is 3. The first-order valence-electron chi connectivity index (χ1n) is 6.87. The largest absolute Gasteiger partial charge is 0.435 e. The molecule has 0 saturated heterocycles. The van der Waals surface area contributed by atoms with Gasteiger partial charge in [0.2, 0.25) is 0 Å². The second-order valence-corrected chi connectivity index (χ2v) is 5.00. The molecule has 0 aliphatic carbocycles. The van der Waals surface area contributed by atoms with Crippen LogP contribution < -0.4 is 10.5 Å². The van der Waals surface area contributed by atoms with E-state index in [1.165, 1.54) is 12.1 Å². The van der Waals surface area contributed by atoms with Crippen LogP contribution in [0, 0.1) is 5.92 Å². The van der Waals surface area contributed by atoms with Gasteiger partial charge in [0.05, 0.1) is 17.9 Å². The first-order valence-corrected chi connectivity index (χ1v) is 6.87. The number of benzene rings is 1. The normalized spacial score (nSPS) is 14.2. The van der Waals surface area contributed by atoms with E-state index < -0.39 is 6.61 Å². The lowest BCUT2D eigenvalue weighted by Gasteiger charge is -2.15. The molecular formula is C15H19F2N3O. The fourth-order valence-electron chi connectivity index (χ4n) is 1.99. The van der Waals surface area contributed by atoms with Crippen LogP contribution in [0.1, 0.15) is 32.1 Å². The van der Waals surface area contributed by atoms with Crippen molar-refractivity contribution in [1.29, 1.82) is 0 Å². The van der Waals surface area contributed by atoms with E-state index in [9.17, 15) is 8.78 Å². The Morgan fingerprint density at radius 1 is 1.29 bits per heavy atom. The van der Waals surface area contributed by atoms with E-state index in [0.717, 1.165) is 23.5 Å². The first kappa shape index (κ1) is 15.4. The molecule has 0 aliphatic heterocycles. The Kier molecular flexibility index (Phi) is 4.90. The minimum atomic E-state index is -2.82. The molecule has 1 heterocycles. The maximum atomic E-state index is 12.1. The van der Waals surface area contributed by atoms with Gasteiger partial charge in [0.15, 0.2) is 0 Å². The smallest absolute Gasteiger partial charge is 0.387 e. The van der Waals surface area contributed by atoms with Crippen molar-refractivity contribution in [2.45, 2.75) is 32.9 Å². The lowest BCUT2D eigenvalue weighted by molar-refractivity contribution is -0.0498. The molecule has 1 aromatic carbocycles. The molecule has 0 spiro atoms. The predicted octanol–water partition coefficient (Wildman–Crippen LogP) is 3.72. The highest BCUT2D eigenvalue weighted by molar-refractivity contribution is 5.59. The number of nitrogens with two attached hydrogens (primary N) is 1. The lowest BCUT2D eigenvalue weighted by atomic mass is 10.00. The van der Waals surface area contributed by atoms with Gasteiger partial charge in [-0.05, 0) is 35.7 Å². The lowest BCUT2D eigenvalue weighted by Crippen LogP contribution is -2.19. The fraction of sp³-hybridized carbons (Fsp3) is 0.400. The molecular weight excluding hydrogens is 276 g/mol. The highest BCUT2D eigenvalue weighted by Gasteiger charge is 2.16. The summed E-state index contributed by atoms with van der Waals surface area (Å²) in [5.41, 5.74) is 7.76. The number of nitrogens with one attached hydrogen (secondary N) is 1. The van der Waals surface area contributed by atoms with Crippen LogP contribution in [-0.4, -0.2) is 16.6 Å². The number of hydrogen-bond donors (Lipinski definition) is 2. The highest BCUT2D eigenvalue weighted by Crippen LogP contribution is 2.25. The molecule has 2 unspecified atom stereocenters. The van der Waals surface area contributed by atoms with Gasteiger partial charge in [-0.1, -0.05) is 20.3 Å². The van der Waals surface area contributed by atoms with Crippen molar-refractivity contribution in [3.05, 3.63) is 36.3 Å². The first-order chi connectivity index (χ1) is 10.0. The minimum Gasteiger partial charge on any atom is -0.435 e. The summed E-state index contributed by atoms with van der Waals surface area (Å²) in [6, 6.07) is 6.24. The number of imidazole rings is 1. The zero-order chi connectivity index (χ0) is 15.4. The van der Waals surface area contributed by atoms with E-state index in [2.05, 4.69) is 28.6 Å². The van der Waals surface area contributed by atoms with Crippen LogP contribution >= 0.6 is 0 Å².